The van der Waals surface area contributed by atoms with Crippen LogP contribution in [0.15, 0.2) is 42.5 Å². The summed E-state index contributed by atoms with van der Waals surface area (Å²) in [7, 11) is 1.48. The lowest BCUT2D eigenvalue weighted by Gasteiger charge is -2.02. The molecular formula is C17H12F2N4O. The number of fused-ring (bicyclic) bond motifs is 1. The first-order valence-corrected chi connectivity index (χ1v) is 7.19. The van der Waals surface area contributed by atoms with E-state index in [0.29, 0.717) is 39.6 Å². The molecule has 120 valence electrons. The first kappa shape index (κ1) is 14.4. The molecule has 0 radical (unpaired) electrons. The number of rotatable bonds is 3. The molecule has 0 atom stereocenters. The molecule has 24 heavy (non-hydrogen) atoms. The van der Waals surface area contributed by atoms with Crippen molar-refractivity contribution < 1.29 is 13.5 Å². The molecule has 0 saturated carbocycles. The number of ether oxygens (including phenoxy) is 1. The van der Waals surface area contributed by atoms with E-state index < -0.39 is 5.82 Å². The van der Waals surface area contributed by atoms with Gasteiger partial charge in [-0.3, -0.25) is 5.10 Å². The fourth-order valence-corrected chi connectivity index (χ4v) is 2.52. The number of hydrogen-bond donors (Lipinski definition) is 2. The van der Waals surface area contributed by atoms with E-state index in [0.717, 1.165) is 0 Å². The van der Waals surface area contributed by atoms with Gasteiger partial charge in [-0.05, 0) is 36.4 Å². The van der Waals surface area contributed by atoms with Gasteiger partial charge in [0.15, 0.2) is 5.82 Å². The van der Waals surface area contributed by atoms with E-state index in [4.69, 9.17) is 4.74 Å². The summed E-state index contributed by atoms with van der Waals surface area (Å²) in [5.74, 6) is 0.164. The number of nitrogens with one attached hydrogen (secondary N) is 2. The van der Waals surface area contributed by atoms with Gasteiger partial charge in [-0.15, -0.1) is 0 Å². The second-order valence-corrected chi connectivity index (χ2v) is 5.26. The van der Waals surface area contributed by atoms with Crippen molar-refractivity contribution >= 4 is 11.0 Å². The van der Waals surface area contributed by atoms with Gasteiger partial charge in [0.1, 0.15) is 23.1 Å². The molecule has 7 heteroatoms. The van der Waals surface area contributed by atoms with Crippen LogP contribution in [-0.4, -0.2) is 27.3 Å². The second kappa shape index (κ2) is 5.45. The number of aromatic nitrogens is 4. The quantitative estimate of drug-likeness (QED) is 0.600. The van der Waals surface area contributed by atoms with Crippen LogP contribution in [0.3, 0.4) is 0 Å². The summed E-state index contributed by atoms with van der Waals surface area (Å²) in [6, 6.07) is 10.5. The van der Waals surface area contributed by atoms with Crippen LogP contribution in [0.5, 0.6) is 5.75 Å². The van der Waals surface area contributed by atoms with Crippen molar-refractivity contribution in [2.75, 3.05) is 7.11 Å². The average molecular weight is 326 g/mol. The van der Waals surface area contributed by atoms with E-state index in [2.05, 4.69) is 20.2 Å². The lowest BCUT2D eigenvalue weighted by atomic mass is 10.1. The zero-order valence-corrected chi connectivity index (χ0v) is 12.6. The van der Waals surface area contributed by atoms with Crippen LogP contribution in [-0.2, 0) is 0 Å². The van der Waals surface area contributed by atoms with Crippen molar-refractivity contribution in [3.05, 3.63) is 54.1 Å². The third kappa shape index (κ3) is 2.40. The van der Waals surface area contributed by atoms with Gasteiger partial charge in [0.25, 0.3) is 0 Å². The van der Waals surface area contributed by atoms with Crippen molar-refractivity contribution in [2.24, 2.45) is 0 Å². The zero-order valence-electron chi connectivity index (χ0n) is 12.6. The molecule has 2 aromatic carbocycles. The molecule has 0 saturated heterocycles. The third-order valence-electron chi connectivity index (χ3n) is 3.73. The SMILES string of the molecule is COc1ccc(-c2cc(-c3nc4ccc(F)cc4[nH]3)[nH]n2)c(F)c1. The Balaban J connectivity index is 1.73. The van der Waals surface area contributed by atoms with Crippen LogP contribution in [0.25, 0.3) is 33.8 Å². The van der Waals surface area contributed by atoms with Gasteiger partial charge in [0, 0.05) is 11.6 Å². The number of H-pyrrole nitrogens is 2. The highest BCUT2D eigenvalue weighted by Crippen LogP contribution is 2.28. The maximum absolute atomic E-state index is 14.1. The Bertz CT molecular complexity index is 1040. The van der Waals surface area contributed by atoms with Gasteiger partial charge in [-0.2, -0.15) is 5.10 Å². The largest absolute Gasteiger partial charge is 0.497 e. The Morgan fingerprint density at radius 3 is 2.71 bits per heavy atom. The maximum Gasteiger partial charge on any atom is 0.156 e. The van der Waals surface area contributed by atoms with Crippen molar-refractivity contribution in [3.63, 3.8) is 0 Å². The van der Waals surface area contributed by atoms with Crippen LogP contribution in [0.4, 0.5) is 8.78 Å². The zero-order chi connectivity index (χ0) is 16.7. The van der Waals surface area contributed by atoms with Crippen LogP contribution in [0.2, 0.25) is 0 Å². The smallest absolute Gasteiger partial charge is 0.156 e. The summed E-state index contributed by atoms with van der Waals surface area (Å²) in [4.78, 5) is 7.39. The van der Waals surface area contributed by atoms with Gasteiger partial charge in [-0.1, -0.05) is 0 Å². The number of methoxy groups -OCH3 is 1. The molecule has 0 bridgehead atoms. The number of nitrogens with zero attached hydrogens (tertiary/aromatic N) is 2. The van der Waals surface area contributed by atoms with Crippen LogP contribution >= 0.6 is 0 Å². The van der Waals surface area contributed by atoms with E-state index in [1.165, 1.54) is 25.3 Å². The number of benzene rings is 2. The molecule has 0 amide bonds. The van der Waals surface area contributed by atoms with Crippen molar-refractivity contribution in [3.8, 4) is 28.5 Å². The molecule has 2 heterocycles. The highest BCUT2D eigenvalue weighted by Gasteiger charge is 2.13. The fourth-order valence-electron chi connectivity index (χ4n) is 2.52. The first-order chi connectivity index (χ1) is 11.6. The summed E-state index contributed by atoms with van der Waals surface area (Å²) < 4.78 is 32.4. The molecule has 4 rings (SSSR count). The van der Waals surface area contributed by atoms with E-state index >= 15 is 0 Å². The summed E-state index contributed by atoms with van der Waals surface area (Å²) >= 11 is 0. The van der Waals surface area contributed by atoms with Crippen LogP contribution < -0.4 is 4.74 Å². The summed E-state index contributed by atoms with van der Waals surface area (Å²) in [5.41, 5.74) is 2.59. The minimum absolute atomic E-state index is 0.344. The monoisotopic (exact) mass is 326 g/mol. The Kier molecular flexibility index (Phi) is 3.26. The lowest BCUT2D eigenvalue weighted by molar-refractivity contribution is 0.411. The molecule has 0 spiro atoms. The second-order valence-electron chi connectivity index (χ2n) is 5.26. The Morgan fingerprint density at radius 2 is 1.92 bits per heavy atom. The molecule has 2 N–H and O–H groups in total. The van der Waals surface area contributed by atoms with Gasteiger partial charge >= 0.3 is 0 Å². The van der Waals surface area contributed by atoms with E-state index in [1.807, 2.05) is 0 Å². The molecular weight excluding hydrogens is 314 g/mol. The summed E-state index contributed by atoms with van der Waals surface area (Å²) in [5, 5.41) is 6.94. The number of hydrogen-bond acceptors (Lipinski definition) is 3. The van der Waals surface area contributed by atoms with Gasteiger partial charge < -0.3 is 9.72 Å². The van der Waals surface area contributed by atoms with Gasteiger partial charge in [0.2, 0.25) is 0 Å². The minimum Gasteiger partial charge on any atom is -0.497 e. The molecule has 0 unspecified atom stereocenters. The molecule has 0 aliphatic carbocycles. The molecule has 2 aromatic heterocycles. The Morgan fingerprint density at radius 1 is 1.04 bits per heavy atom. The minimum atomic E-state index is -0.431. The number of aromatic amines is 2. The molecule has 0 aliphatic heterocycles. The Hall–Kier alpha value is -3.22. The third-order valence-corrected chi connectivity index (χ3v) is 3.73. The van der Waals surface area contributed by atoms with E-state index in [9.17, 15) is 8.78 Å². The highest BCUT2D eigenvalue weighted by molar-refractivity contribution is 5.79. The first-order valence-electron chi connectivity index (χ1n) is 7.19. The van der Waals surface area contributed by atoms with E-state index in [1.54, 1.807) is 24.3 Å². The number of halogens is 2. The van der Waals surface area contributed by atoms with Crippen LogP contribution in [0.1, 0.15) is 0 Å². The summed E-state index contributed by atoms with van der Waals surface area (Å²) in [6.45, 7) is 0. The van der Waals surface area contributed by atoms with E-state index in [-0.39, 0.29) is 5.82 Å². The fraction of sp³-hybridized carbons (Fsp3) is 0.0588. The predicted molar refractivity (Wildman–Crippen MR) is 85.6 cm³/mol. The number of imidazole rings is 1. The summed E-state index contributed by atoms with van der Waals surface area (Å²) in [6.07, 6.45) is 0. The predicted octanol–water partition coefficient (Wildman–Crippen LogP) is 3.91. The topological polar surface area (TPSA) is 66.6 Å². The van der Waals surface area contributed by atoms with Crippen molar-refractivity contribution in [1.29, 1.82) is 0 Å². The molecule has 0 aliphatic rings. The lowest BCUT2D eigenvalue weighted by Crippen LogP contribution is -1.88. The van der Waals surface area contributed by atoms with Gasteiger partial charge in [0.05, 0.1) is 23.8 Å². The normalized spacial score (nSPS) is 11.1. The molecule has 5 nitrogen and oxygen atoms in total. The van der Waals surface area contributed by atoms with Crippen molar-refractivity contribution in [2.45, 2.75) is 0 Å². The standard InChI is InChI=1S/C17H12F2N4O/c1-24-10-3-4-11(12(19)7-10)14-8-16(23-22-14)17-20-13-5-2-9(18)6-15(13)21-17/h2-8H,1H3,(H,20,21)(H,22,23). The Labute approximate surface area is 135 Å². The highest BCUT2D eigenvalue weighted by atomic mass is 19.1. The maximum atomic E-state index is 14.1. The molecule has 0 fully saturated rings. The van der Waals surface area contributed by atoms with Gasteiger partial charge in [-0.25, -0.2) is 13.8 Å². The molecule has 4 aromatic rings. The van der Waals surface area contributed by atoms with Crippen LogP contribution in [0, 0.1) is 11.6 Å². The van der Waals surface area contributed by atoms with Crippen molar-refractivity contribution in [1.82, 2.24) is 20.2 Å². The average Bonchev–Trinajstić information content (AvgIpc) is 3.20.